The normalized spacial score (nSPS) is 11.1. The van der Waals surface area contributed by atoms with Gasteiger partial charge in [0.15, 0.2) is 11.0 Å². The second-order valence-corrected chi connectivity index (χ2v) is 8.07. The van der Waals surface area contributed by atoms with Crippen LogP contribution in [0.1, 0.15) is 22.8 Å². The maximum Gasteiger partial charge on any atom is 0.252 e. The Balaban J connectivity index is 1.47. The van der Waals surface area contributed by atoms with Crippen molar-refractivity contribution >= 4 is 23.5 Å². The lowest BCUT2D eigenvalue weighted by atomic mass is 10.2. The third-order valence-electron chi connectivity index (χ3n) is 4.53. The molecular weight excluding hydrogens is 416 g/mol. The zero-order chi connectivity index (χ0) is 22.1. The molecule has 4 rings (SSSR count). The third-order valence-corrected chi connectivity index (χ3v) is 5.55. The Hall–Kier alpha value is -3.47. The lowest BCUT2D eigenvalue weighted by molar-refractivity contribution is -0.113. The minimum Gasteiger partial charge on any atom is -0.469 e. The molecule has 0 bridgehead atoms. The van der Waals surface area contributed by atoms with Crippen molar-refractivity contribution in [2.75, 3.05) is 11.1 Å². The Morgan fingerprint density at radius 3 is 2.52 bits per heavy atom. The van der Waals surface area contributed by atoms with Crippen LogP contribution in [0.25, 0.3) is 17.3 Å². The van der Waals surface area contributed by atoms with Crippen molar-refractivity contribution in [1.29, 1.82) is 0 Å². The van der Waals surface area contributed by atoms with Gasteiger partial charge in [0, 0.05) is 24.5 Å². The molecule has 31 heavy (non-hydrogen) atoms. The van der Waals surface area contributed by atoms with E-state index in [1.165, 1.54) is 11.8 Å². The summed E-state index contributed by atoms with van der Waals surface area (Å²) in [5.74, 6) is 2.35. The van der Waals surface area contributed by atoms with Crippen molar-refractivity contribution < 1.29 is 9.21 Å². The third kappa shape index (κ3) is 4.36. The van der Waals surface area contributed by atoms with Crippen molar-refractivity contribution in [1.82, 2.24) is 34.5 Å². The summed E-state index contributed by atoms with van der Waals surface area (Å²) in [4.78, 5) is 21.5. The maximum absolute atomic E-state index is 12.6. The van der Waals surface area contributed by atoms with Crippen LogP contribution >= 0.6 is 11.8 Å². The van der Waals surface area contributed by atoms with E-state index in [-0.39, 0.29) is 11.7 Å². The molecule has 0 aliphatic heterocycles. The number of nitrogens with one attached hydrogen (secondary N) is 1. The molecule has 1 amide bonds. The molecule has 0 aliphatic rings. The molecule has 0 spiro atoms. The Labute approximate surface area is 183 Å². The van der Waals surface area contributed by atoms with E-state index < -0.39 is 0 Å². The topological polar surface area (TPSA) is 117 Å². The number of carbonyl (C=O) groups is 1. The highest BCUT2D eigenvalue weighted by Gasteiger charge is 2.17. The largest absolute Gasteiger partial charge is 0.469 e. The predicted molar refractivity (Wildman–Crippen MR) is 116 cm³/mol. The number of carbonyl (C=O) groups excluding carboxylic acids is 1. The summed E-state index contributed by atoms with van der Waals surface area (Å²) in [5.41, 5.74) is 3.28. The van der Waals surface area contributed by atoms with Crippen LogP contribution in [0.4, 0.5) is 5.82 Å². The molecular formula is C20H22N8O2S. The summed E-state index contributed by atoms with van der Waals surface area (Å²) in [6.45, 7) is 7.50. The van der Waals surface area contributed by atoms with E-state index in [4.69, 9.17) is 4.42 Å². The van der Waals surface area contributed by atoms with Gasteiger partial charge in [0.05, 0.1) is 23.3 Å². The Bertz CT molecular complexity index is 1240. The molecule has 11 heteroatoms. The zero-order valence-electron chi connectivity index (χ0n) is 17.9. The summed E-state index contributed by atoms with van der Waals surface area (Å²) in [5, 5.41) is 16.4. The summed E-state index contributed by atoms with van der Waals surface area (Å²) in [7, 11) is 1.86. The Morgan fingerprint density at radius 1 is 1.10 bits per heavy atom. The van der Waals surface area contributed by atoms with E-state index in [1.54, 1.807) is 17.0 Å². The quantitative estimate of drug-likeness (QED) is 0.457. The molecule has 0 radical (unpaired) electrons. The molecule has 0 aromatic carbocycles. The first-order valence-electron chi connectivity index (χ1n) is 9.57. The summed E-state index contributed by atoms with van der Waals surface area (Å²) in [6, 6.07) is 5.51. The van der Waals surface area contributed by atoms with E-state index in [0.29, 0.717) is 22.7 Å². The number of nitrogens with zero attached hydrogens (tertiary/aromatic N) is 7. The summed E-state index contributed by atoms with van der Waals surface area (Å²) < 4.78 is 8.72. The van der Waals surface area contributed by atoms with E-state index in [9.17, 15) is 4.79 Å². The fourth-order valence-corrected chi connectivity index (χ4v) is 3.86. The van der Waals surface area contributed by atoms with Crippen molar-refractivity contribution in [2.45, 2.75) is 32.9 Å². The van der Waals surface area contributed by atoms with Crippen molar-refractivity contribution in [2.24, 2.45) is 7.05 Å². The van der Waals surface area contributed by atoms with Gasteiger partial charge in [-0.3, -0.25) is 4.79 Å². The molecule has 0 aliphatic carbocycles. The van der Waals surface area contributed by atoms with Crippen molar-refractivity contribution in [3.05, 3.63) is 47.3 Å². The molecule has 0 saturated heterocycles. The number of thioether (sulfide) groups is 1. The molecule has 0 fully saturated rings. The molecule has 4 aromatic rings. The highest BCUT2D eigenvalue weighted by Crippen LogP contribution is 2.26. The Morgan fingerprint density at radius 2 is 1.84 bits per heavy atom. The molecule has 0 atom stereocenters. The van der Waals surface area contributed by atoms with Gasteiger partial charge >= 0.3 is 0 Å². The number of aromatic nitrogens is 7. The van der Waals surface area contributed by atoms with Crippen LogP contribution < -0.4 is 5.32 Å². The maximum atomic E-state index is 12.6. The monoisotopic (exact) mass is 438 g/mol. The van der Waals surface area contributed by atoms with Crippen LogP contribution in [0.15, 0.2) is 34.0 Å². The average molecular weight is 439 g/mol. The first kappa shape index (κ1) is 20.8. The van der Waals surface area contributed by atoms with E-state index in [1.807, 2.05) is 51.4 Å². The smallest absolute Gasteiger partial charge is 0.252 e. The number of anilines is 1. The van der Waals surface area contributed by atoms with Gasteiger partial charge in [-0.2, -0.15) is 9.78 Å². The number of furan rings is 1. The Kier molecular flexibility index (Phi) is 5.59. The van der Waals surface area contributed by atoms with Gasteiger partial charge in [-0.15, -0.1) is 10.2 Å². The number of hydrogen-bond acceptors (Lipinski definition) is 8. The lowest BCUT2D eigenvalue weighted by Gasteiger charge is -2.09. The van der Waals surface area contributed by atoms with Crippen molar-refractivity contribution in [3.63, 3.8) is 0 Å². The highest BCUT2D eigenvalue weighted by atomic mass is 32.2. The van der Waals surface area contributed by atoms with E-state index in [0.717, 1.165) is 28.4 Å². The standard InChI is InChI=1S/C20H22N8O2S/c1-11-8-12(2)22-19(21-11)28-16(9-13(3)26-28)23-17(29)10-31-20-25-24-18(27(20)5)15-6-7-30-14(15)4/h6-9H,10H2,1-5H3,(H,23,29). The van der Waals surface area contributed by atoms with Gasteiger partial charge in [0.2, 0.25) is 5.91 Å². The lowest BCUT2D eigenvalue weighted by Crippen LogP contribution is -2.18. The summed E-state index contributed by atoms with van der Waals surface area (Å²) in [6.07, 6.45) is 1.62. The van der Waals surface area contributed by atoms with Crippen LogP contribution in [-0.4, -0.2) is 46.2 Å². The molecule has 4 aromatic heterocycles. The first-order valence-corrected chi connectivity index (χ1v) is 10.6. The number of rotatable bonds is 6. The van der Waals surface area contributed by atoms with Crippen LogP contribution in [0.5, 0.6) is 0 Å². The zero-order valence-corrected chi connectivity index (χ0v) is 18.7. The fourth-order valence-electron chi connectivity index (χ4n) is 3.14. The minimum atomic E-state index is -0.195. The van der Waals surface area contributed by atoms with Gasteiger partial charge in [-0.1, -0.05) is 11.8 Å². The van der Waals surface area contributed by atoms with E-state index >= 15 is 0 Å². The summed E-state index contributed by atoms with van der Waals surface area (Å²) >= 11 is 1.30. The SMILES string of the molecule is Cc1cc(C)nc(-n2nc(C)cc2NC(=O)CSc2nnc(-c3ccoc3C)n2C)n1. The van der Waals surface area contributed by atoms with Gasteiger partial charge < -0.3 is 14.3 Å². The van der Waals surface area contributed by atoms with Crippen LogP contribution in [0.2, 0.25) is 0 Å². The molecule has 0 unspecified atom stereocenters. The molecule has 0 saturated carbocycles. The molecule has 4 heterocycles. The molecule has 1 N–H and O–H groups in total. The predicted octanol–water partition coefficient (Wildman–Crippen LogP) is 3.02. The van der Waals surface area contributed by atoms with Crippen LogP contribution in [-0.2, 0) is 11.8 Å². The first-order chi connectivity index (χ1) is 14.8. The number of hydrogen-bond donors (Lipinski definition) is 1. The number of amides is 1. The van der Waals surface area contributed by atoms with Gasteiger partial charge in [-0.05, 0) is 39.8 Å². The fraction of sp³-hybridized carbons (Fsp3) is 0.300. The van der Waals surface area contributed by atoms with Gasteiger partial charge in [0.1, 0.15) is 11.6 Å². The molecule has 10 nitrogen and oxygen atoms in total. The number of aryl methyl sites for hydroxylation is 4. The van der Waals surface area contributed by atoms with Gasteiger partial charge in [0.25, 0.3) is 5.95 Å². The highest BCUT2D eigenvalue weighted by molar-refractivity contribution is 7.99. The van der Waals surface area contributed by atoms with Gasteiger partial charge in [-0.25, -0.2) is 9.97 Å². The van der Waals surface area contributed by atoms with Crippen LogP contribution in [0.3, 0.4) is 0 Å². The molecule has 160 valence electrons. The second kappa shape index (κ2) is 8.34. The average Bonchev–Trinajstić information content (AvgIpc) is 3.38. The second-order valence-electron chi connectivity index (χ2n) is 7.13. The van der Waals surface area contributed by atoms with Crippen LogP contribution in [0, 0.1) is 27.7 Å². The van der Waals surface area contributed by atoms with E-state index in [2.05, 4.69) is 30.6 Å². The minimum absolute atomic E-state index is 0.161. The van der Waals surface area contributed by atoms with Crippen molar-refractivity contribution in [3.8, 4) is 17.3 Å².